The number of ether oxygens (including phenoxy) is 2. The first kappa shape index (κ1) is 22.6. The minimum atomic E-state index is -0.765. The first-order valence-electron chi connectivity index (χ1n) is 10.1. The molecular weight excluding hydrogens is 394 g/mol. The van der Waals surface area contributed by atoms with Crippen molar-refractivity contribution in [3.05, 3.63) is 89.0 Å². The fraction of sp³-hybridized carbons (Fsp3) is 0.280. The molecule has 0 aliphatic heterocycles. The molecule has 0 aliphatic carbocycles. The van der Waals surface area contributed by atoms with Gasteiger partial charge in [-0.2, -0.15) is 0 Å². The number of hydrogen-bond acceptors (Lipinski definition) is 6. The van der Waals surface area contributed by atoms with E-state index in [0.717, 1.165) is 22.6 Å². The molecule has 0 fully saturated rings. The maximum Gasteiger partial charge on any atom is 0.121 e. The molecule has 3 rings (SSSR count). The molecule has 6 nitrogen and oxygen atoms in total. The predicted molar refractivity (Wildman–Crippen MR) is 120 cm³/mol. The van der Waals surface area contributed by atoms with Crippen LogP contribution in [0, 0.1) is 0 Å². The van der Waals surface area contributed by atoms with Crippen molar-refractivity contribution in [3.8, 4) is 17.2 Å². The van der Waals surface area contributed by atoms with Crippen LogP contribution in [0.5, 0.6) is 17.2 Å². The van der Waals surface area contributed by atoms with Crippen LogP contribution < -0.4 is 14.8 Å². The SMILES string of the molecule is COc1ccc(C(CNCC(O)c2ccc(O)c(CO)c2)c2ccc(OC)cc2)cc1. The molecule has 3 aromatic carbocycles. The maximum atomic E-state index is 10.6. The van der Waals surface area contributed by atoms with E-state index in [4.69, 9.17) is 9.47 Å². The Morgan fingerprint density at radius 3 is 1.77 bits per heavy atom. The van der Waals surface area contributed by atoms with Crippen LogP contribution in [-0.4, -0.2) is 42.6 Å². The van der Waals surface area contributed by atoms with Crippen LogP contribution in [0.2, 0.25) is 0 Å². The van der Waals surface area contributed by atoms with Crippen LogP contribution in [0.25, 0.3) is 0 Å². The van der Waals surface area contributed by atoms with Crippen molar-refractivity contribution in [3.63, 3.8) is 0 Å². The van der Waals surface area contributed by atoms with Crippen molar-refractivity contribution in [2.24, 2.45) is 0 Å². The number of aromatic hydroxyl groups is 1. The summed E-state index contributed by atoms with van der Waals surface area (Å²) in [5, 5.41) is 33.0. The molecule has 0 spiro atoms. The zero-order valence-electron chi connectivity index (χ0n) is 17.8. The second-order valence-electron chi connectivity index (χ2n) is 7.32. The molecular formula is C25H29NO5. The summed E-state index contributed by atoms with van der Waals surface area (Å²) in [5.41, 5.74) is 3.28. The highest BCUT2D eigenvalue weighted by Crippen LogP contribution is 2.28. The lowest BCUT2D eigenvalue weighted by molar-refractivity contribution is 0.174. The van der Waals surface area contributed by atoms with Gasteiger partial charge in [0.1, 0.15) is 17.2 Å². The molecule has 0 radical (unpaired) electrons. The molecule has 0 saturated carbocycles. The van der Waals surface area contributed by atoms with Crippen LogP contribution >= 0.6 is 0 Å². The second kappa shape index (κ2) is 10.8. The van der Waals surface area contributed by atoms with Crippen LogP contribution in [0.1, 0.15) is 34.3 Å². The third kappa shape index (κ3) is 5.76. The maximum absolute atomic E-state index is 10.6. The Bertz CT molecular complexity index is 909. The first-order valence-corrected chi connectivity index (χ1v) is 10.1. The Kier molecular flexibility index (Phi) is 7.89. The Labute approximate surface area is 182 Å². The summed E-state index contributed by atoms with van der Waals surface area (Å²) in [7, 11) is 3.29. The number of nitrogens with one attached hydrogen (secondary N) is 1. The van der Waals surface area contributed by atoms with E-state index in [1.54, 1.807) is 26.4 Å². The van der Waals surface area contributed by atoms with Gasteiger partial charge in [-0.05, 0) is 53.1 Å². The van der Waals surface area contributed by atoms with E-state index < -0.39 is 6.10 Å². The Morgan fingerprint density at radius 1 is 0.774 bits per heavy atom. The summed E-state index contributed by atoms with van der Waals surface area (Å²) in [6, 6.07) is 20.7. The lowest BCUT2D eigenvalue weighted by atomic mass is 9.91. The van der Waals surface area contributed by atoms with Crippen LogP contribution in [-0.2, 0) is 6.61 Å². The van der Waals surface area contributed by atoms with E-state index in [1.807, 2.05) is 48.5 Å². The number of benzene rings is 3. The average Bonchev–Trinajstić information content (AvgIpc) is 2.82. The standard InChI is InChI=1S/C25H29NO5/c1-30-21-8-3-17(4-9-21)23(18-5-10-22(31-2)11-6-18)14-26-15-25(29)19-7-12-24(28)20(13-19)16-27/h3-13,23,25-29H,14-16H2,1-2H3. The lowest BCUT2D eigenvalue weighted by Crippen LogP contribution is -2.27. The largest absolute Gasteiger partial charge is 0.508 e. The van der Waals surface area contributed by atoms with Crippen molar-refractivity contribution < 1.29 is 24.8 Å². The Hall–Kier alpha value is -3.06. The molecule has 31 heavy (non-hydrogen) atoms. The van der Waals surface area contributed by atoms with Gasteiger partial charge < -0.3 is 30.1 Å². The third-order valence-corrected chi connectivity index (χ3v) is 5.38. The van der Waals surface area contributed by atoms with Crippen molar-refractivity contribution in [2.45, 2.75) is 18.6 Å². The fourth-order valence-corrected chi connectivity index (χ4v) is 3.52. The van der Waals surface area contributed by atoms with Crippen molar-refractivity contribution in [2.75, 3.05) is 27.3 Å². The quantitative estimate of drug-likeness (QED) is 0.400. The van der Waals surface area contributed by atoms with Gasteiger partial charge in [0.2, 0.25) is 0 Å². The predicted octanol–water partition coefficient (Wildman–Crippen LogP) is 3.36. The molecule has 0 aliphatic rings. The highest BCUT2D eigenvalue weighted by Gasteiger charge is 2.16. The van der Waals surface area contributed by atoms with Gasteiger partial charge in [-0.15, -0.1) is 0 Å². The van der Waals surface area contributed by atoms with E-state index in [2.05, 4.69) is 5.32 Å². The lowest BCUT2D eigenvalue weighted by Gasteiger charge is -2.21. The normalized spacial score (nSPS) is 12.0. The summed E-state index contributed by atoms with van der Waals surface area (Å²) >= 11 is 0. The molecule has 0 bridgehead atoms. The van der Waals surface area contributed by atoms with Gasteiger partial charge in [-0.25, -0.2) is 0 Å². The number of hydrogen-bond donors (Lipinski definition) is 4. The van der Waals surface area contributed by atoms with Gasteiger partial charge in [0, 0.05) is 24.6 Å². The average molecular weight is 424 g/mol. The summed E-state index contributed by atoms with van der Waals surface area (Å²) in [6.45, 7) is 0.663. The molecule has 0 heterocycles. The summed E-state index contributed by atoms with van der Waals surface area (Å²) in [5.74, 6) is 1.68. The molecule has 3 aromatic rings. The van der Waals surface area contributed by atoms with Gasteiger partial charge in [0.15, 0.2) is 0 Å². The topological polar surface area (TPSA) is 91.2 Å². The number of methoxy groups -OCH3 is 2. The monoisotopic (exact) mass is 423 g/mol. The minimum Gasteiger partial charge on any atom is -0.508 e. The number of rotatable bonds is 10. The molecule has 1 atom stereocenters. The van der Waals surface area contributed by atoms with Gasteiger partial charge in [-0.1, -0.05) is 30.3 Å². The van der Waals surface area contributed by atoms with E-state index in [0.29, 0.717) is 24.2 Å². The third-order valence-electron chi connectivity index (χ3n) is 5.38. The Balaban J connectivity index is 1.73. The van der Waals surface area contributed by atoms with E-state index in [1.165, 1.54) is 6.07 Å². The van der Waals surface area contributed by atoms with Crippen LogP contribution in [0.15, 0.2) is 66.7 Å². The van der Waals surface area contributed by atoms with Gasteiger partial charge in [-0.3, -0.25) is 0 Å². The van der Waals surface area contributed by atoms with E-state index >= 15 is 0 Å². The van der Waals surface area contributed by atoms with Crippen LogP contribution in [0.3, 0.4) is 0 Å². The van der Waals surface area contributed by atoms with Gasteiger partial charge in [0.25, 0.3) is 0 Å². The molecule has 0 aromatic heterocycles. The zero-order chi connectivity index (χ0) is 22.2. The Morgan fingerprint density at radius 2 is 1.29 bits per heavy atom. The van der Waals surface area contributed by atoms with Crippen molar-refractivity contribution in [1.29, 1.82) is 0 Å². The molecule has 6 heteroatoms. The summed E-state index contributed by atoms with van der Waals surface area (Å²) in [6.07, 6.45) is -0.765. The molecule has 164 valence electrons. The number of phenols is 1. The van der Waals surface area contributed by atoms with Crippen LogP contribution in [0.4, 0.5) is 0 Å². The first-order chi connectivity index (χ1) is 15.0. The summed E-state index contributed by atoms with van der Waals surface area (Å²) in [4.78, 5) is 0. The molecule has 4 N–H and O–H groups in total. The molecule has 0 amide bonds. The fourth-order valence-electron chi connectivity index (χ4n) is 3.52. The van der Waals surface area contributed by atoms with Gasteiger partial charge >= 0.3 is 0 Å². The highest BCUT2D eigenvalue weighted by atomic mass is 16.5. The number of aliphatic hydroxyl groups excluding tert-OH is 2. The highest BCUT2D eigenvalue weighted by molar-refractivity contribution is 5.39. The number of aliphatic hydroxyl groups is 2. The smallest absolute Gasteiger partial charge is 0.121 e. The molecule has 0 saturated heterocycles. The van der Waals surface area contributed by atoms with E-state index in [9.17, 15) is 15.3 Å². The second-order valence-corrected chi connectivity index (χ2v) is 7.32. The minimum absolute atomic E-state index is 0.0190. The van der Waals surface area contributed by atoms with Crippen molar-refractivity contribution >= 4 is 0 Å². The summed E-state index contributed by atoms with van der Waals surface area (Å²) < 4.78 is 10.5. The van der Waals surface area contributed by atoms with Gasteiger partial charge in [0.05, 0.1) is 26.9 Å². The van der Waals surface area contributed by atoms with E-state index in [-0.39, 0.29) is 18.3 Å². The zero-order valence-corrected chi connectivity index (χ0v) is 17.8. The molecule has 1 unspecified atom stereocenters. The van der Waals surface area contributed by atoms with Crippen molar-refractivity contribution in [1.82, 2.24) is 5.32 Å².